The molecule has 0 saturated carbocycles. The Labute approximate surface area is 72.3 Å². The summed E-state index contributed by atoms with van der Waals surface area (Å²) in [7, 11) is 4.07. The molecular weight excluding hydrogens is 152 g/mol. The van der Waals surface area contributed by atoms with Gasteiger partial charge in [0, 0.05) is 12.8 Å². The molecule has 0 atom stereocenters. The van der Waals surface area contributed by atoms with Crippen LogP contribution < -0.4 is 0 Å². The Morgan fingerprint density at radius 3 is 3.08 bits per heavy atom. The lowest BCUT2D eigenvalue weighted by Gasteiger charge is -2.04. The SMILES string of the molecule is CN(C)CCN=Cc1cnc[nH]1. The molecule has 1 aromatic rings. The third-order valence-corrected chi connectivity index (χ3v) is 1.43. The van der Waals surface area contributed by atoms with Crippen LogP contribution in [0.15, 0.2) is 17.5 Å². The van der Waals surface area contributed by atoms with Gasteiger partial charge < -0.3 is 9.88 Å². The maximum absolute atomic E-state index is 4.22. The van der Waals surface area contributed by atoms with Gasteiger partial charge in [-0.25, -0.2) is 4.98 Å². The van der Waals surface area contributed by atoms with Gasteiger partial charge in [0.1, 0.15) is 0 Å². The largest absolute Gasteiger partial charge is 0.344 e. The van der Waals surface area contributed by atoms with E-state index in [-0.39, 0.29) is 0 Å². The van der Waals surface area contributed by atoms with Crippen molar-refractivity contribution in [3.63, 3.8) is 0 Å². The molecule has 0 aromatic carbocycles. The molecule has 4 heteroatoms. The fourth-order valence-electron chi connectivity index (χ4n) is 0.758. The predicted molar refractivity (Wildman–Crippen MR) is 49.6 cm³/mol. The number of aromatic amines is 1. The lowest BCUT2D eigenvalue weighted by Crippen LogP contribution is -2.15. The van der Waals surface area contributed by atoms with Crippen LogP contribution >= 0.6 is 0 Å². The first-order chi connectivity index (χ1) is 5.79. The first-order valence-electron chi connectivity index (χ1n) is 3.92. The molecule has 0 amide bonds. The van der Waals surface area contributed by atoms with Gasteiger partial charge in [-0.2, -0.15) is 0 Å². The van der Waals surface area contributed by atoms with E-state index in [1.165, 1.54) is 0 Å². The molecule has 1 heterocycles. The van der Waals surface area contributed by atoms with Gasteiger partial charge in [-0.3, -0.25) is 4.99 Å². The standard InChI is InChI=1S/C8H14N4/c1-12(2)4-3-9-5-8-6-10-7-11-8/h5-7H,3-4H2,1-2H3,(H,10,11). The highest BCUT2D eigenvalue weighted by molar-refractivity contribution is 5.76. The van der Waals surface area contributed by atoms with Gasteiger partial charge in [0.25, 0.3) is 0 Å². The molecule has 1 aromatic heterocycles. The molecule has 0 saturated heterocycles. The average molecular weight is 166 g/mol. The highest BCUT2D eigenvalue weighted by Crippen LogP contribution is 1.84. The summed E-state index contributed by atoms with van der Waals surface area (Å²) in [4.78, 5) is 13.1. The minimum Gasteiger partial charge on any atom is -0.344 e. The Kier molecular flexibility index (Phi) is 3.47. The second-order valence-electron chi connectivity index (χ2n) is 2.85. The summed E-state index contributed by atoms with van der Waals surface area (Å²) in [5.41, 5.74) is 0.953. The highest BCUT2D eigenvalue weighted by Gasteiger charge is 1.87. The van der Waals surface area contributed by atoms with E-state index in [0.29, 0.717) is 0 Å². The first-order valence-corrected chi connectivity index (χ1v) is 3.92. The second-order valence-corrected chi connectivity index (χ2v) is 2.85. The lowest BCUT2D eigenvalue weighted by molar-refractivity contribution is 0.421. The van der Waals surface area contributed by atoms with Gasteiger partial charge in [-0.1, -0.05) is 0 Å². The number of aliphatic imine (C=N–C) groups is 1. The third kappa shape index (κ3) is 3.30. The number of imidazole rings is 1. The molecule has 0 radical (unpaired) electrons. The molecule has 0 spiro atoms. The molecule has 66 valence electrons. The maximum atomic E-state index is 4.22. The minimum absolute atomic E-state index is 0.825. The maximum Gasteiger partial charge on any atom is 0.0924 e. The topological polar surface area (TPSA) is 44.3 Å². The van der Waals surface area contributed by atoms with Crippen molar-refractivity contribution in [3.8, 4) is 0 Å². The molecule has 0 fully saturated rings. The second kappa shape index (κ2) is 4.66. The fraction of sp³-hybridized carbons (Fsp3) is 0.500. The van der Waals surface area contributed by atoms with E-state index >= 15 is 0 Å². The number of nitrogens with zero attached hydrogens (tertiary/aromatic N) is 3. The van der Waals surface area contributed by atoms with Gasteiger partial charge in [-0.05, 0) is 14.1 Å². The van der Waals surface area contributed by atoms with Crippen LogP contribution in [0.3, 0.4) is 0 Å². The number of hydrogen-bond donors (Lipinski definition) is 1. The van der Waals surface area contributed by atoms with Crippen molar-refractivity contribution in [2.24, 2.45) is 4.99 Å². The Bertz CT molecular complexity index is 225. The summed E-state index contributed by atoms with van der Waals surface area (Å²) >= 11 is 0. The number of H-pyrrole nitrogens is 1. The van der Waals surface area contributed by atoms with E-state index in [9.17, 15) is 0 Å². The van der Waals surface area contributed by atoms with Gasteiger partial charge in [0.15, 0.2) is 0 Å². The zero-order chi connectivity index (χ0) is 8.81. The van der Waals surface area contributed by atoms with E-state index in [4.69, 9.17) is 0 Å². The Morgan fingerprint density at radius 2 is 2.50 bits per heavy atom. The van der Waals surface area contributed by atoms with E-state index in [0.717, 1.165) is 18.8 Å². The molecule has 12 heavy (non-hydrogen) atoms. The van der Waals surface area contributed by atoms with Crippen molar-refractivity contribution < 1.29 is 0 Å². The van der Waals surface area contributed by atoms with Crippen LogP contribution in [0.5, 0.6) is 0 Å². The van der Waals surface area contributed by atoms with Crippen LogP contribution in [0, 0.1) is 0 Å². The normalized spacial score (nSPS) is 11.6. The molecule has 0 aliphatic carbocycles. The predicted octanol–water partition coefficient (Wildman–Crippen LogP) is 0.390. The lowest BCUT2D eigenvalue weighted by atomic mass is 10.5. The number of likely N-dealkylation sites (N-methyl/N-ethyl adjacent to an activating group) is 1. The number of hydrogen-bond acceptors (Lipinski definition) is 3. The fourth-order valence-corrected chi connectivity index (χ4v) is 0.758. The average Bonchev–Trinajstić information content (AvgIpc) is 2.49. The molecule has 0 bridgehead atoms. The summed E-state index contributed by atoms with van der Waals surface area (Å²) in [6.07, 6.45) is 5.20. The van der Waals surface area contributed by atoms with Crippen LogP contribution in [-0.4, -0.2) is 48.3 Å². The van der Waals surface area contributed by atoms with E-state index in [1.54, 1.807) is 18.7 Å². The first kappa shape index (κ1) is 8.93. The van der Waals surface area contributed by atoms with E-state index in [1.807, 2.05) is 14.1 Å². The third-order valence-electron chi connectivity index (χ3n) is 1.43. The van der Waals surface area contributed by atoms with Crippen molar-refractivity contribution >= 4 is 6.21 Å². The highest BCUT2D eigenvalue weighted by atomic mass is 15.1. The summed E-state index contributed by atoms with van der Waals surface area (Å²) in [5.74, 6) is 0. The Hall–Kier alpha value is -1.16. The van der Waals surface area contributed by atoms with Gasteiger partial charge in [0.2, 0.25) is 0 Å². The molecule has 0 aliphatic rings. The Balaban J connectivity index is 2.23. The molecule has 1 N–H and O–H groups in total. The molecule has 0 aliphatic heterocycles. The smallest absolute Gasteiger partial charge is 0.0924 e. The molecular formula is C8H14N4. The summed E-state index contributed by atoms with van der Waals surface area (Å²) < 4.78 is 0. The van der Waals surface area contributed by atoms with E-state index < -0.39 is 0 Å². The van der Waals surface area contributed by atoms with Crippen LogP contribution in [0.1, 0.15) is 5.69 Å². The van der Waals surface area contributed by atoms with Gasteiger partial charge >= 0.3 is 0 Å². The van der Waals surface area contributed by atoms with Crippen LogP contribution in [0.4, 0.5) is 0 Å². The molecule has 4 nitrogen and oxygen atoms in total. The van der Waals surface area contributed by atoms with Crippen molar-refractivity contribution in [1.82, 2.24) is 14.9 Å². The number of rotatable bonds is 4. The van der Waals surface area contributed by atoms with Crippen LogP contribution in [0.25, 0.3) is 0 Å². The van der Waals surface area contributed by atoms with Crippen molar-refractivity contribution in [1.29, 1.82) is 0 Å². The van der Waals surface area contributed by atoms with Gasteiger partial charge in [0.05, 0.1) is 24.8 Å². The Morgan fingerprint density at radius 1 is 1.67 bits per heavy atom. The van der Waals surface area contributed by atoms with Crippen LogP contribution in [0.2, 0.25) is 0 Å². The quantitative estimate of drug-likeness (QED) is 0.658. The summed E-state index contributed by atoms with van der Waals surface area (Å²) in [6.45, 7) is 1.80. The zero-order valence-electron chi connectivity index (χ0n) is 7.49. The molecule has 1 rings (SSSR count). The van der Waals surface area contributed by atoms with Crippen molar-refractivity contribution in [2.45, 2.75) is 0 Å². The summed E-state index contributed by atoms with van der Waals surface area (Å²) in [6, 6.07) is 0. The molecule has 0 unspecified atom stereocenters. The number of nitrogens with one attached hydrogen (secondary N) is 1. The zero-order valence-corrected chi connectivity index (χ0v) is 7.49. The van der Waals surface area contributed by atoms with Crippen molar-refractivity contribution in [2.75, 3.05) is 27.2 Å². The van der Waals surface area contributed by atoms with E-state index in [2.05, 4.69) is 19.9 Å². The minimum atomic E-state index is 0.825. The number of aromatic nitrogens is 2. The summed E-state index contributed by atoms with van der Waals surface area (Å²) in [5, 5.41) is 0. The van der Waals surface area contributed by atoms with Crippen LogP contribution in [-0.2, 0) is 0 Å². The van der Waals surface area contributed by atoms with Crippen molar-refractivity contribution in [3.05, 3.63) is 18.2 Å². The van der Waals surface area contributed by atoms with Gasteiger partial charge in [-0.15, -0.1) is 0 Å². The monoisotopic (exact) mass is 166 g/mol.